The summed E-state index contributed by atoms with van der Waals surface area (Å²) in [6.07, 6.45) is 1.95. The second-order valence-electron chi connectivity index (χ2n) is 5.41. The number of nitrogens with one attached hydrogen (secondary N) is 3. The van der Waals surface area contributed by atoms with Crippen LogP contribution < -0.4 is 5.32 Å². The second kappa shape index (κ2) is 6.11. The van der Waals surface area contributed by atoms with Gasteiger partial charge in [0, 0.05) is 12.1 Å². The summed E-state index contributed by atoms with van der Waals surface area (Å²) in [6, 6.07) is 9.68. The van der Waals surface area contributed by atoms with Crippen molar-refractivity contribution < 1.29 is 9.18 Å². The van der Waals surface area contributed by atoms with Crippen LogP contribution in [0.5, 0.6) is 0 Å². The fourth-order valence-electron chi connectivity index (χ4n) is 2.53. The Bertz CT molecular complexity index is 1020. The predicted molar refractivity (Wildman–Crippen MR) is 87.4 cm³/mol. The molecule has 2 aromatic carbocycles. The van der Waals surface area contributed by atoms with E-state index in [0.29, 0.717) is 29.0 Å². The van der Waals surface area contributed by atoms with E-state index < -0.39 is 11.7 Å². The third-order valence-electron chi connectivity index (χ3n) is 3.70. The zero-order valence-electron chi connectivity index (χ0n) is 12.8. The van der Waals surface area contributed by atoms with E-state index in [4.69, 9.17) is 0 Å². The van der Waals surface area contributed by atoms with Gasteiger partial charge in [-0.05, 0) is 29.8 Å². The zero-order valence-corrected chi connectivity index (χ0v) is 12.8. The standard InChI is InChI=1S/C16H12FN7O/c17-10-6-12(15-13(7-10)18-8-19-15)16(25)20-11-3-1-9(2-4-11)5-14-21-23-24-22-14/h1-4,6-8H,5H2,(H,18,19)(H,20,25)(H,21,22,23,24). The van der Waals surface area contributed by atoms with E-state index in [0.717, 1.165) is 5.56 Å². The van der Waals surface area contributed by atoms with Crippen LogP contribution in [0.1, 0.15) is 21.7 Å². The Balaban J connectivity index is 1.53. The van der Waals surface area contributed by atoms with Crippen molar-refractivity contribution in [3.63, 3.8) is 0 Å². The molecule has 0 aliphatic heterocycles. The van der Waals surface area contributed by atoms with E-state index in [1.54, 1.807) is 12.1 Å². The number of anilines is 1. The first-order valence-electron chi connectivity index (χ1n) is 7.44. The van der Waals surface area contributed by atoms with Crippen molar-refractivity contribution in [1.29, 1.82) is 0 Å². The topological polar surface area (TPSA) is 112 Å². The first-order valence-corrected chi connectivity index (χ1v) is 7.44. The highest BCUT2D eigenvalue weighted by Crippen LogP contribution is 2.19. The maximum absolute atomic E-state index is 13.7. The largest absolute Gasteiger partial charge is 0.344 e. The highest BCUT2D eigenvalue weighted by atomic mass is 19.1. The van der Waals surface area contributed by atoms with Gasteiger partial charge >= 0.3 is 0 Å². The van der Waals surface area contributed by atoms with Gasteiger partial charge in [-0.25, -0.2) is 9.37 Å². The first-order chi connectivity index (χ1) is 12.2. The minimum absolute atomic E-state index is 0.173. The van der Waals surface area contributed by atoms with Crippen molar-refractivity contribution in [3.05, 3.63) is 65.5 Å². The van der Waals surface area contributed by atoms with Crippen LogP contribution in [0.4, 0.5) is 10.1 Å². The van der Waals surface area contributed by atoms with E-state index in [1.165, 1.54) is 18.5 Å². The molecule has 0 aliphatic carbocycles. The summed E-state index contributed by atoms with van der Waals surface area (Å²) in [6.45, 7) is 0. The number of amides is 1. The molecule has 4 rings (SSSR count). The predicted octanol–water partition coefficient (Wildman–Crippen LogP) is 2.06. The number of imidazole rings is 1. The highest BCUT2D eigenvalue weighted by Gasteiger charge is 2.14. The van der Waals surface area contributed by atoms with Crippen LogP contribution in [0.2, 0.25) is 0 Å². The lowest BCUT2D eigenvalue weighted by molar-refractivity contribution is 0.102. The van der Waals surface area contributed by atoms with Gasteiger partial charge in [0.1, 0.15) is 11.3 Å². The Morgan fingerprint density at radius 2 is 2.04 bits per heavy atom. The summed E-state index contributed by atoms with van der Waals surface area (Å²) in [5.41, 5.74) is 2.63. The van der Waals surface area contributed by atoms with Crippen molar-refractivity contribution >= 4 is 22.6 Å². The Morgan fingerprint density at radius 1 is 1.20 bits per heavy atom. The van der Waals surface area contributed by atoms with Gasteiger partial charge < -0.3 is 10.3 Å². The molecule has 2 aromatic heterocycles. The van der Waals surface area contributed by atoms with Gasteiger partial charge in [-0.1, -0.05) is 17.3 Å². The number of nitrogens with zero attached hydrogens (tertiary/aromatic N) is 4. The maximum atomic E-state index is 13.7. The van der Waals surface area contributed by atoms with Crippen LogP contribution in [0.15, 0.2) is 42.7 Å². The van der Waals surface area contributed by atoms with Crippen LogP contribution in [-0.4, -0.2) is 36.5 Å². The molecule has 4 aromatic rings. The lowest BCUT2D eigenvalue weighted by Gasteiger charge is -2.07. The Labute approximate surface area is 140 Å². The maximum Gasteiger partial charge on any atom is 0.258 e. The molecule has 2 heterocycles. The van der Waals surface area contributed by atoms with Gasteiger partial charge in [0.2, 0.25) is 0 Å². The molecule has 9 heteroatoms. The summed E-state index contributed by atoms with van der Waals surface area (Å²) in [7, 11) is 0. The van der Waals surface area contributed by atoms with Crippen LogP contribution in [-0.2, 0) is 6.42 Å². The van der Waals surface area contributed by atoms with Crippen molar-refractivity contribution in [1.82, 2.24) is 30.6 Å². The highest BCUT2D eigenvalue weighted by molar-refractivity contribution is 6.11. The number of carbonyl (C=O) groups is 1. The van der Waals surface area contributed by atoms with Crippen molar-refractivity contribution in [3.8, 4) is 0 Å². The molecule has 0 bridgehead atoms. The molecule has 0 saturated carbocycles. The molecule has 0 aliphatic rings. The molecule has 0 spiro atoms. The van der Waals surface area contributed by atoms with Crippen LogP contribution in [0.25, 0.3) is 11.0 Å². The van der Waals surface area contributed by atoms with Crippen molar-refractivity contribution in [2.45, 2.75) is 6.42 Å². The Hall–Kier alpha value is -3.62. The SMILES string of the molecule is O=C(Nc1ccc(Cc2nn[nH]n2)cc1)c1cc(F)cc2[nH]cnc12. The van der Waals surface area contributed by atoms with Gasteiger partial charge in [0.05, 0.1) is 17.4 Å². The molecule has 0 radical (unpaired) electrons. The molecular weight excluding hydrogens is 325 g/mol. The molecular formula is C16H12FN7O. The third-order valence-corrected chi connectivity index (χ3v) is 3.70. The quantitative estimate of drug-likeness (QED) is 0.528. The molecule has 8 nitrogen and oxygen atoms in total. The summed E-state index contributed by atoms with van der Waals surface area (Å²) in [5.74, 6) is -0.350. The van der Waals surface area contributed by atoms with Crippen LogP contribution in [0, 0.1) is 5.82 Å². The monoisotopic (exact) mass is 337 g/mol. The Kier molecular flexibility index (Phi) is 3.65. The number of halogens is 1. The van der Waals surface area contributed by atoms with E-state index in [9.17, 15) is 9.18 Å². The number of H-pyrrole nitrogens is 2. The average Bonchev–Trinajstić information content (AvgIpc) is 3.27. The van der Waals surface area contributed by atoms with E-state index in [2.05, 4.69) is 35.9 Å². The first kappa shape index (κ1) is 14.9. The fourth-order valence-corrected chi connectivity index (χ4v) is 2.53. The van der Waals surface area contributed by atoms with Crippen molar-refractivity contribution in [2.24, 2.45) is 0 Å². The molecule has 0 fully saturated rings. The lowest BCUT2D eigenvalue weighted by atomic mass is 10.1. The Morgan fingerprint density at radius 3 is 2.80 bits per heavy atom. The molecule has 25 heavy (non-hydrogen) atoms. The fraction of sp³-hybridized carbons (Fsp3) is 0.0625. The molecule has 0 unspecified atom stereocenters. The van der Waals surface area contributed by atoms with Gasteiger partial charge in [0.25, 0.3) is 5.91 Å². The van der Waals surface area contributed by atoms with E-state index in [1.807, 2.05) is 12.1 Å². The number of aromatic nitrogens is 6. The minimum atomic E-state index is -0.502. The average molecular weight is 337 g/mol. The number of tetrazole rings is 1. The number of fused-ring (bicyclic) bond motifs is 1. The summed E-state index contributed by atoms with van der Waals surface area (Å²) in [5, 5.41) is 16.4. The molecule has 0 saturated heterocycles. The summed E-state index contributed by atoms with van der Waals surface area (Å²) < 4.78 is 13.7. The van der Waals surface area contributed by atoms with Crippen LogP contribution in [0.3, 0.4) is 0 Å². The number of hydrogen-bond acceptors (Lipinski definition) is 5. The number of carbonyl (C=O) groups excluding carboxylic acids is 1. The lowest BCUT2D eigenvalue weighted by Crippen LogP contribution is -2.13. The number of benzene rings is 2. The third kappa shape index (κ3) is 3.07. The van der Waals surface area contributed by atoms with E-state index in [-0.39, 0.29) is 5.56 Å². The zero-order chi connectivity index (χ0) is 17.2. The van der Waals surface area contributed by atoms with E-state index >= 15 is 0 Å². The molecule has 0 atom stereocenters. The molecule has 124 valence electrons. The smallest absolute Gasteiger partial charge is 0.258 e. The summed E-state index contributed by atoms with van der Waals surface area (Å²) in [4.78, 5) is 19.3. The number of hydrogen-bond donors (Lipinski definition) is 3. The number of aromatic amines is 2. The van der Waals surface area contributed by atoms with Crippen molar-refractivity contribution in [2.75, 3.05) is 5.32 Å². The van der Waals surface area contributed by atoms with Gasteiger partial charge in [0.15, 0.2) is 5.82 Å². The normalized spacial score (nSPS) is 10.9. The number of rotatable bonds is 4. The second-order valence-corrected chi connectivity index (χ2v) is 5.41. The van der Waals surface area contributed by atoms with Gasteiger partial charge in [-0.3, -0.25) is 4.79 Å². The summed E-state index contributed by atoms with van der Waals surface area (Å²) >= 11 is 0. The van der Waals surface area contributed by atoms with Gasteiger partial charge in [-0.15, -0.1) is 10.2 Å². The molecule has 3 N–H and O–H groups in total. The van der Waals surface area contributed by atoms with Gasteiger partial charge in [-0.2, -0.15) is 5.21 Å². The van der Waals surface area contributed by atoms with Crippen LogP contribution >= 0.6 is 0 Å². The minimum Gasteiger partial charge on any atom is -0.344 e. The molecule has 1 amide bonds.